The summed E-state index contributed by atoms with van der Waals surface area (Å²) in [6.07, 6.45) is 3.35. The Bertz CT molecular complexity index is 498. The standard InChI is InChI=1S/C18H29O3P/c1-5-9-15(2)13-22(4,20)14-16(3)18(19)21-12-17-10-7-6-8-11-17/h6-8,10-11,15-16H,5,9,12-14H2,1-4H3. The molecule has 124 valence electrons. The fraction of sp³-hybridized carbons (Fsp3) is 0.611. The van der Waals surface area contributed by atoms with Gasteiger partial charge in [0.25, 0.3) is 0 Å². The first-order chi connectivity index (χ1) is 10.3. The van der Waals surface area contributed by atoms with Crippen LogP contribution in [0.5, 0.6) is 0 Å². The van der Waals surface area contributed by atoms with Gasteiger partial charge in [-0.15, -0.1) is 0 Å². The molecular weight excluding hydrogens is 295 g/mol. The summed E-state index contributed by atoms with van der Waals surface area (Å²) < 4.78 is 18.0. The summed E-state index contributed by atoms with van der Waals surface area (Å²) in [6.45, 7) is 8.19. The zero-order chi connectivity index (χ0) is 16.6. The predicted molar refractivity (Wildman–Crippen MR) is 92.7 cm³/mol. The maximum Gasteiger partial charge on any atom is 0.309 e. The topological polar surface area (TPSA) is 43.4 Å². The Kier molecular flexibility index (Phi) is 7.89. The van der Waals surface area contributed by atoms with Gasteiger partial charge in [-0.1, -0.05) is 63.9 Å². The van der Waals surface area contributed by atoms with Gasteiger partial charge in [0.05, 0.1) is 13.1 Å². The number of hydrogen-bond donors (Lipinski definition) is 0. The molecule has 0 amide bonds. The van der Waals surface area contributed by atoms with Crippen LogP contribution in [0.1, 0.15) is 39.2 Å². The Morgan fingerprint density at radius 1 is 1.18 bits per heavy atom. The molecule has 1 aromatic carbocycles. The van der Waals surface area contributed by atoms with E-state index in [0.717, 1.165) is 24.6 Å². The maximum absolute atomic E-state index is 12.7. The van der Waals surface area contributed by atoms with Crippen LogP contribution in [-0.4, -0.2) is 25.0 Å². The summed E-state index contributed by atoms with van der Waals surface area (Å²) in [5, 5.41) is 0. The highest BCUT2D eigenvalue weighted by atomic mass is 31.2. The molecule has 0 N–H and O–H groups in total. The van der Waals surface area contributed by atoms with Gasteiger partial charge in [-0.05, 0) is 18.1 Å². The molecule has 3 unspecified atom stereocenters. The number of hydrogen-bond acceptors (Lipinski definition) is 3. The number of esters is 1. The van der Waals surface area contributed by atoms with Gasteiger partial charge in [0, 0.05) is 12.3 Å². The third kappa shape index (κ3) is 7.26. The lowest BCUT2D eigenvalue weighted by Crippen LogP contribution is -2.19. The molecule has 4 heteroatoms. The minimum absolute atomic E-state index is 0.255. The van der Waals surface area contributed by atoms with Crippen LogP contribution in [0, 0.1) is 11.8 Å². The first-order valence-corrected chi connectivity index (χ1v) is 10.6. The summed E-state index contributed by atoms with van der Waals surface area (Å²) in [5.41, 5.74) is 0.972. The largest absolute Gasteiger partial charge is 0.461 e. The first kappa shape index (κ1) is 19.0. The molecule has 0 aromatic heterocycles. The molecule has 0 saturated carbocycles. The Labute approximate surface area is 134 Å². The number of benzene rings is 1. The van der Waals surface area contributed by atoms with Crippen LogP contribution >= 0.6 is 7.14 Å². The maximum atomic E-state index is 12.7. The molecule has 0 saturated heterocycles. The molecule has 0 heterocycles. The summed E-state index contributed by atoms with van der Waals surface area (Å²) in [6, 6.07) is 9.62. The molecule has 1 aromatic rings. The quantitative estimate of drug-likeness (QED) is 0.484. The van der Waals surface area contributed by atoms with Crippen LogP contribution in [-0.2, 0) is 20.7 Å². The number of carbonyl (C=O) groups is 1. The second kappa shape index (κ2) is 9.15. The van der Waals surface area contributed by atoms with Crippen molar-refractivity contribution in [2.45, 2.75) is 40.2 Å². The van der Waals surface area contributed by atoms with E-state index in [2.05, 4.69) is 13.8 Å². The highest BCUT2D eigenvalue weighted by Crippen LogP contribution is 2.45. The van der Waals surface area contributed by atoms with Crippen molar-refractivity contribution in [3.8, 4) is 0 Å². The van der Waals surface area contributed by atoms with Crippen molar-refractivity contribution in [1.82, 2.24) is 0 Å². The minimum Gasteiger partial charge on any atom is -0.461 e. The van der Waals surface area contributed by atoms with E-state index in [1.54, 1.807) is 0 Å². The van der Waals surface area contributed by atoms with Crippen LogP contribution in [0.3, 0.4) is 0 Å². The zero-order valence-electron chi connectivity index (χ0n) is 14.2. The summed E-state index contributed by atoms with van der Waals surface area (Å²) in [7, 11) is -2.28. The number of rotatable bonds is 9. The Morgan fingerprint density at radius 2 is 1.82 bits per heavy atom. The van der Waals surface area contributed by atoms with E-state index in [9.17, 15) is 9.36 Å². The Morgan fingerprint density at radius 3 is 2.41 bits per heavy atom. The lowest BCUT2D eigenvalue weighted by atomic mass is 10.1. The van der Waals surface area contributed by atoms with Crippen LogP contribution in [0.25, 0.3) is 0 Å². The van der Waals surface area contributed by atoms with E-state index >= 15 is 0 Å². The van der Waals surface area contributed by atoms with Crippen LogP contribution in [0.15, 0.2) is 30.3 Å². The molecule has 0 fully saturated rings. The minimum atomic E-state index is -2.28. The van der Waals surface area contributed by atoms with Gasteiger partial charge in [0.2, 0.25) is 0 Å². The SMILES string of the molecule is CCCC(C)CP(C)(=O)CC(C)C(=O)OCc1ccccc1. The predicted octanol–water partition coefficient (Wildman–Crippen LogP) is 4.80. The van der Waals surface area contributed by atoms with E-state index in [1.807, 2.05) is 43.9 Å². The highest BCUT2D eigenvalue weighted by molar-refractivity contribution is 7.63. The van der Waals surface area contributed by atoms with E-state index in [1.165, 1.54) is 0 Å². The van der Waals surface area contributed by atoms with Crippen LogP contribution in [0.2, 0.25) is 0 Å². The summed E-state index contributed by atoms with van der Waals surface area (Å²) in [4.78, 5) is 12.1. The third-order valence-electron chi connectivity index (χ3n) is 3.77. The van der Waals surface area contributed by atoms with Crippen molar-refractivity contribution in [3.05, 3.63) is 35.9 Å². The molecular formula is C18H29O3P. The molecule has 0 spiro atoms. The van der Waals surface area contributed by atoms with Gasteiger partial charge in [0.1, 0.15) is 6.61 Å². The van der Waals surface area contributed by atoms with Crippen LogP contribution in [0.4, 0.5) is 0 Å². The average Bonchev–Trinajstić information content (AvgIpc) is 2.44. The molecule has 0 bridgehead atoms. The molecule has 22 heavy (non-hydrogen) atoms. The number of carbonyl (C=O) groups excluding carboxylic acids is 1. The lowest BCUT2D eigenvalue weighted by molar-refractivity contribution is -0.148. The van der Waals surface area contributed by atoms with Crippen molar-refractivity contribution >= 4 is 13.1 Å². The zero-order valence-corrected chi connectivity index (χ0v) is 15.1. The van der Waals surface area contributed by atoms with Gasteiger partial charge in [-0.2, -0.15) is 0 Å². The molecule has 0 aliphatic rings. The molecule has 0 aliphatic carbocycles. The van der Waals surface area contributed by atoms with Crippen molar-refractivity contribution in [2.75, 3.05) is 19.0 Å². The fourth-order valence-corrected chi connectivity index (χ4v) is 5.80. The van der Waals surface area contributed by atoms with E-state index in [4.69, 9.17) is 4.74 Å². The fourth-order valence-electron chi connectivity index (χ4n) is 2.84. The molecule has 1 rings (SSSR count). The monoisotopic (exact) mass is 324 g/mol. The molecule has 0 radical (unpaired) electrons. The summed E-state index contributed by atoms with van der Waals surface area (Å²) >= 11 is 0. The Hall–Kier alpha value is -1.08. The van der Waals surface area contributed by atoms with Crippen molar-refractivity contribution in [2.24, 2.45) is 11.8 Å². The van der Waals surface area contributed by atoms with Gasteiger partial charge < -0.3 is 9.30 Å². The second-order valence-electron chi connectivity index (χ2n) is 6.55. The lowest BCUT2D eigenvalue weighted by Gasteiger charge is -2.20. The average molecular weight is 324 g/mol. The van der Waals surface area contributed by atoms with Gasteiger partial charge in [0.15, 0.2) is 0 Å². The van der Waals surface area contributed by atoms with Crippen molar-refractivity contribution in [1.29, 1.82) is 0 Å². The van der Waals surface area contributed by atoms with E-state index in [-0.39, 0.29) is 18.5 Å². The second-order valence-corrected chi connectivity index (χ2v) is 9.87. The van der Waals surface area contributed by atoms with Crippen molar-refractivity contribution in [3.63, 3.8) is 0 Å². The van der Waals surface area contributed by atoms with Crippen molar-refractivity contribution < 1.29 is 14.1 Å². The number of ether oxygens (including phenoxy) is 1. The third-order valence-corrected chi connectivity index (χ3v) is 6.48. The molecule has 3 atom stereocenters. The smallest absolute Gasteiger partial charge is 0.309 e. The van der Waals surface area contributed by atoms with E-state index < -0.39 is 7.14 Å². The summed E-state index contributed by atoms with van der Waals surface area (Å²) in [5.74, 6) is -0.115. The first-order valence-electron chi connectivity index (χ1n) is 8.10. The molecule has 3 nitrogen and oxygen atoms in total. The highest BCUT2D eigenvalue weighted by Gasteiger charge is 2.26. The van der Waals surface area contributed by atoms with Gasteiger partial charge >= 0.3 is 5.97 Å². The molecule has 0 aliphatic heterocycles. The van der Waals surface area contributed by atoms with E-state index in [0.29, 0.717) is 12.1 Å². The van der Waals surface area contributed by atoms with Crippen LogP contribution < -0.4 is 0 Å². The van der Waals surface area contributed by atoms with Gasteiger partial charge in [-0.3, -0.25) is 4.79 Å². The normalized spacial score (nSPS) is 16.5. The Balaban J connectivity index is 2.44. The van der Waals surface area contributed by atoms with Gasteiger partial charge in [-0.25, -0.2) is 0 Å².